The van der Waals surface area contributed by atoms with Crippen LogP contribution in [0.1, 0.15) is 0 Å². The second-order valence-corrected chi connectivity index (χ2v) is 13.2. The molecule has 214 valence electrons. The molecule has 1 aliphatic heterocycles. The van der Waals surface area contributed by atoms with E-state index in [2.05, 4.69) is 168 Å². The van der Waals surface area contributed by atoms with Gasteiger partial charge in [0.05, 0.1) is 11.0 Å². The fraction of sp³-hybridized carbons (Fsp3) is 0. The predicted molar refractivity (Wildman–Crippen MR) is 196 cm³/mol. The lowest BCUT2D eigenvalue weighted by molar-refractivity contribution is 1.19. The summed E-state index contributed by atoms with van der Waals surface area (Å²) in [5.74, 6) is 0. The number of para-hydroxylation sites is 2. The highest BCUT2D eigenvalue weighted by atomic mass is 32.2. The van der Waals surface area contributed by atoms with E-state index in [-0.39, 0.29) is 0 Å². The quantitative estimate of drug-likeness (QED) is 0.195. The molecule has 0 N–H and O–H groups in total. The Labute approximate surface area is 271 Å². The maximum atomic E-state index is 2.49. The van der Waals surface area contributed by atoms with Crippen LogP contribution in [0, 0.1) is 0 Å². The molecule has 9 aromatic rings. The van der Waals surface area contributed by atoms with Gasteiger partial charge in [-0.1, -0.05) is 145 Å². The summed E-state index contributed by atoms with van der Waals surface area (Å²) >= 11 is 1.88. The van der Waals surface area contributed by atoms with E-state index in [4.69, 9.17) is 0 Å². The molecule has 0 unspecified atom stereocenters. The van der Waals surface area contributed by atoms with E-state index in [0.29, 0.717) is 0 Å². The van der Waals surface area contributed by atoms with E-state index in [1.807, 2.05) is 11.8 Å². The summed E-state index contributed by atoms with van der Waals surface area (Å²) in [6, 6.07) is 60.2. The summed E-state index contributed by atoms with van der Waals surface area (Å²) in [5, 5.41) is 7.71. The third-order valence-electron chi connectivity index (χ3n) is 9.57. The maximum absolute atomic E-state index is 2.49. The van der Waals surface area contributed by atoms with Gasteiger partial charge < -0.3 is 4.57 Å². The van der Waals surface area contributed by atoms with Gasteiger partial charge in [-0.2, -0.15) is 0 Å². The standard InChI is InChI=1S/C44H27NS/c1-2-14-31(15-3-1)45-43-33-17-5-4-11-28(33)23-25-38(43)37-21-10-20-36(44(37)45)34-18-7-6-16-32(34)30-24-26-40-39(27-30)35-19-8-12-29-13-9-22-41(46-40)42(29)35/h1-27H. The second-order valence-electron chi connectivity index (χ2n) is 12.1. The van der Waals surface area contributed by atoms with Crippen molar-refractivity contribution in [3.63, 3.8) is 0 Å². The molecule has 0 radical (unpaired) electrons. The SMILES string of the molecule is c1ccc(-n2c3c(-c4ccccc4-c4ccc5c(c4)-c4cccc6cccc(c46)S5)cccc3c3ccc4ccccc4c32)cc1. The molecule has 1 aliphatic rings. The molecule has 0 aliphatic carbocycles. The van der Waals surface area contributed by atoms with Crippen molar-refractivity contribution in [2.24, 2.45) is 0 Å². The van der Waals surface area contributed by atoms with Crippen molar-refractivity contribution in [2.45, 2.75) is 9.79 Å². The van der Waals surface area contributed by atoms with Crippen LogP contribution < -0.4 is 0 Å². The molecule has 0 spiro atoms. The first-order chi connectivity index (χ1) is 22.8. The van der Waals surface area contributed by atoms with E-state index in [0.717, 1.165) is 0 Å². The summed E-state index contributed by atoms with van der Waals surface area (Å²) in [4.78, 5) is 2.65. The Morgan fingerprint density at radius 2 is 1.04 bits per heavy atom. The average molecular weight is 602 g/mol. The van der Waals surface area contributed by atoms with Crippen molar-refractivity contribution in [1.82, 2.24) is 4.57 Å². The smallest absolute Gasteiger partial charge is 0.0619 e. The van der Waals surface area contributed by atoms with Gasteiger partial charge in [0.1, 0.15) is 0 Å². The predicted octanol–water partition coefficient (Wildman–Crippen LogP) is 12.6. The molecule has 2 heterocycles. The molecule has 46 heavy (non-hydrogen) atoms. The normalized spacial score (nSPS) is 12.3. The summed E-state index contributed by atoms with van der Waals surface area (Å²) in [5.41, 5.74) is 11.2. The molecule has 8 aromatic carbocycles. The van der Waals surface area contributed by atoms with E-state index in [1.54, 1.807) is 0 Å². The van der Waals surface area contributed by atoms with Crippen molar-refractivity contribution in [3.8, 4) is 39.1 Å². The van der Waals surface area contributed by atoms with Crippen molar-refractivity contribution < 1.29 is 0 Å². The number of benzene rings is 8. The molecule has 2 heteroatoms. The minimum atomic E-state index is 1.17. The van der Waals surface area contributed by atoms with Crippen molar-refractivity contribution >= 4 is 55.1 Å². The number of hydrogen-bond acceptors (Lipinski definition) is 1. The molecule has 0 bridgehead atoms. The topological polar surface area (TPSA) is 4.93 Å². The van der Waals surface area contributed by atoms with Crippen molar-refractivity contribution in [2.75, 3.05) is 0 Å². The number of hydrogen-bond donors (Lipinski definition) is 0. The molecule has 0 fully saturated rings. The van der Waals surface area contributed by atoms with Crippen LogP contribution in [0.4, 0.5) is 0 Å². The summed E-state index contributed by atoms with van der Waals surface area (Å²) < 4.78 is 2.49. The van der Waals surface area contributed by atoms with Crippen LogP contribution in [0.5, 0.6) is 0 Å². The Morgan fingerprint density at radius 3 is 1.96 bits per heavy atom. The fourth-order valence-electron chi connectivity index (χ4n) is 7.58. The summed E-state index contributed by atoms with van der Waals surface area (Å²) in [6.45, 7) is 0. The van der Waals surface area contributed by atoms with Crippen LogP contribution in [-0.2, 0) is 0 Å². The third kappa shape index (κ3) is 3.71. The maximum Gasteiger partial charge on any atom is 0.0619 e. The van der Waals surface area contributed by atoms with Gasteiger partial charge in [-0.25, -0.2) is 0 Å². The largest absolute Gasteiger partial charge is 0.308 e. The van der Waals surface area contributed by atoms with E-state index < -0.39 is 0 Å². The van der Waals surface area contributed by atoms with Gasteiger partial charge in [-0.15, -0.1) is 0 Å². The molecule has 0 saturated heterocycles. The lowest BCUT2D eigenvalue weighted by Crippen LogP contribution is -1.97. The van der Waals surface area contributed by atoms with Gasteiger partial charge in [0, 0.05) is 42.6 Å². The number of rotatable bonds is 3. The zero-order chi connectivity index (χ0) is 30.2. The minimum Gasteiger partial charge on any atom is -0.308 e. The van der Waals surface area contributed by atoms with Crippen molar-refractivity contribution in [3.05, 3.63) is 164 Å². The van der Waals surface area contributed by atoms with Gasteiger partial charge >= 0.3 is 0 Å². The molecule has 0 amide bonds. The van der Waals surface area contributed by atoms with Gasteiger partial charge in [0.25, 0.3) is 0 Å². The Morgan fingerprint density at radius 1 is 0.370 bits per heavy atom. The molecular weight excluding hydrogens is 575 g/mol. The fourth-order valence-corrected chi connectivity index (χ4v) is 8.71. The monoisotopic (exact) mass is 601 g/mol. The van der Waals surface area contributed by atoms with Gasteiger partial charge in [0.15, 0.2) is 0 Å². The zero-order valence-electron chi connectivity index (χ0n) is 24.9. The first kappa shape index (κ1) is 25.7. The molecule has 10 rings (SSSR count). The third-order valence-corrected chi connectivity index (χ3v) is 10.7. The van der Waals surface area contributed by atoms with Gasteiger partial charge in [-0.05, 0) is 68.9 Å². The first-order valence-corrected chi connectivity index (χ1v) is 16.6. The van der Waals surface area contributed by atoms with Crippen LogP contribution in [0.15, 0.2) is 174 Å². The Bertz CT molecular complexity index is 2660. The lowest BCUT2D eigenvalue weighted by Gasteiger charge is -2.21. The highest BCUT2D eigenvalue weighted by Crippen LogP contribution is 2.50. The van der Waals surface area contributed by atoms with Crippen molar-refractivity contribution in [1.29, 1.82) is 0 Å². The molecule has 1 nitrogen and oxygen atoms in total. The Hall–Kier alpha value is -5.57. The van der Waals surface area contributed by atoms with E-state index in [1.165, 1.54) is 92.2 Å². The molecule has 1 aromatic heterocycles. The van der Waals surface area contributed by atoms with E-state index in [9.17, 15) is 0 Å². The number of aromatic nitrogens is 1. The lowest BCUT2D eigenvalue weighted by atomic mass is 9.90. The Kier molecular flexibility index (Phi) is 5.58. The molecule has 0 atom stereocenters. The second kappa shape index (κ2) is 9.97. The minimum absolute atomic E-state index is 1.17. The van der Waals surface area contributed by atoms with Crippen LogP contribution >= 0.6 is 11.8 Å². The van der Waals surface area contributed by atoms with Gasteiger partial charge in [0.2, 0.25) is 0 Å². The average Bonchev–Trinajstić information content (AvgIpc) is 3.47. The van der Waals surface area contributed by atoms with E-state index >= 15 is 0 Å². The van der Waals surface area contributed by atoms with Crippen LogP contribution in [-0.4, -0.2) is 4.57 Å². The molecular formula is C44H27NS. The number of fused-ring (bicyclic) bond motifs is 7. The molecule has 0 saturated carbocycles. The number of nitrogens with zero attached hydrogens (tertiary/aromatic N) is 1. The highest BCUT2D eigenvalue weighted by molar-refractivity contribution is 7.99. The van der Waals surface area contributed by atoms with Crippen LogP contribution in [0.25, 0.3) is 82.4 Å². The highest BCUT2D eigenvalue weighted by Gasteiger charge is 2.22. The van der Waals surface area contributed by atoms with Gasteiger partial charge in [-0.3, -0.25) is 0 Å². The van der Waals surface area contributed by atoms with Crippen LogP contribution in [0.2, 0.25) is 0 Å². The zero-order valence-corrected chi connectivity index (χ0v) is 25.8. The van der Waals surface area contributed by atoms with Crippen LogP contribution in [0.3, 0.4) is 0 Å². The Balaban J connectivity index is 1.26. The first-order valence-electron chi connectivity index (χ1n) is 15.8. The summed E-state index contributed by atoms with van der Waals surface area (Å²) in [7, 11) is 0. The summed E-state index contributed by atoms with van der Waals surface area (Å²) in [6.07, 6.45) is 0.